The van der Waals surface area contributed by atoms with Crippen LogP contribution in [0.15, 0.2) is 60.7 Å². The minimum Gasteiger partial charge on any atom is -0.460 e. The number of amides is 1. The second kappa shape index (κ2) is 15.7. The Morgan fingerprint density at radius 1 is 0.949 bits per heavy atom. The molecule has 16 nitrogen and oxygen atoms in total. The van der Waals surface area contributed by atoms with Crippen molar-refractivity contribution >= 4 is 35.6 Å². The minimum atomic E-state index is -2.38. The first kappa shape index (κ1) is 43.8. The summed E-state index contributed by atoms with van der Waals surface area (Å²) < 4.78 is 23.5. The van der Waals surface area contributed by atoms with Crippen LogP contribution in [0, 0.1) is 28.6 Å². The number of rotatable bonds is 9. The number of carbonyl (C=O) groups excluding carboxylic acids is 6. The van der Waals surface area contributed by atoms with E-state index >= 15 is 0 Å². The van der Waals surface area contributed by atoms with Gasteiger partial charge in [-0.15, -0.1) is 0 Å². The molecule has 4 N–H and O–H groups in total. The molecular formula is C43H53NO15. The van der Waals surface area contributed by atoms with E-state index in [0.29, 0.717) is 5.56 Å². The van der Waals surface area contributed by atoms with E-state index in [9.17, 15) is 44.1 Å². The fourth-order valence-electron chi connectivity index (χ4n) is 9.71. The molecule has 2 bridgehead atoms. The van der Waals surface area contributed by atoms with Crippen molar-refractivity contribution in [3.63, 3.8) is 0 Å². The number of benzene rings is 2. The molecule has 3 aliphatic carbocycles. The van der Waals surface area contributed by atoms with Gasteiger partial charge in [-0.25, -0.2) is 19.2 Å². The molecule has 0 aromatic heterocycles. The highest BCUT2D eigenvalue weighted by Gasteiger charge is 2.79. The number of ether oxygens (including phenoxy) is 4. The van der Waals surface area contributed by atoms with Crippen molar-refractivity contribution in [3.8, 4) is 0 Å². The Morgan fingerprint density at radius 2 is 1.56 bits per heavy atom. The molecule has 2 aromatic carbocycles. The zero-order valence-corrected chi connectivity index (χ0v) is 34.3. The largest absolute Gasteiger partial charge is 0.460 e. The zero-order chi connectivity index (χ0) is 43.5. The molecule has 1 saturated heterocycles. The monoisotopic (exact) mass is 823 g/mol. The normalized spacial score (nSPS) is 34.5. The Hall–Kier alpha value is -4.74. The highest BCUT2D eigenvalue weighted by Crippen LogP contribution is 2.64. The minimum absolute atomic E-state index is 0.0593. The molecule has 4 fully saturated rings. The fourth-order valence-corrected chi connectivity index (χ4v) is 9.71. The number of carbonyl (C=O) groups is 6. The molecule has 1 heterocycles. The first-order valence-electron chi connectivity index (χ1n) is 19.7. The van der Waals surface area contributed by atoms with E-state index in [4.69, 9.17) is 28.7 Å². The number of hydrogen-bond acceptors (Lipinski definition) is 15. The average Bonchev–Trinajstić information content (AvgIpc) is 3.16. The average molecular weight is 824 g/mol. The van der Waals surface area contributed by atoms with Crippen molar-refractivity contribution in [2.24, 2.45) is 28.6 Å². The first-order valence-corrected chi connectivity index (χ1v) is 19.7. The summed E-state index contributed by atoms with van der Waals surface area (Å²) in [6.07, 6.45) is -9.68. The second-order valence-electron chi connectivity index (χ2n) is 18.0. The van der Waals surface area contributed by atoms with Crippen molar-refractivity contribution in [3.05, 3.63) is 71.8 Å². The summed E-state index contributed by atoms with van der Waals surface area (Å²) in [5.74, 6) is -9.19. The molecule has 1 aliphatic heterocycles. The van der Waals surface area contributed by atoms with Gasteiger partial charge in [-0.05, 0) is 45.4 Å². The van der Waals surface area contributed by atoms with Crippen LogP contribution in [0.25, 0.3) is 0 Å². The molecule has 2 unspecified atom stereocenters. The summed E-state index contributed by atoms with van der Waals surface area (Å²) in [6, 6.07) is 14.5. The van der Waals surface area contributed by atoms with Gasteiger partial charge in [0.1, 0.15) is 23.4 Å². The van der Waals surface area contributed by atoms with Crippen LogP contribution in [0.2, 0.25) is 0 Å². The van der Waals surface area contributed by atoms with Crippen LogP contribution < -0.4 is 5.32 Å². The predicted molar refractivity (Wildman–Crippen MR) is 204 cm³/mol. The SMILES string of the molecule is CC(=O)OO[C@@]12CO[C@@H]1C[C@H](O)[C@@]1(C)C(=O)C(=O)C3C(C)[C@@H](OC(=O)[C@H](O)[C@@H](NC(=O)OC(C)(C)C)c4ccccc4)C[C@@](O)([C@@H](OC(=O)c4ccccc4)[C@H]21)C3(C)C. The Kier molecular flexibility index (Phi) is 11.7. The molecule has 16 heteroatoms. The number of alkyl carbamates (subject to hydrolysis) is 1. The number of hydrogen-bond donors (Lipinski definition) is 4. The number of fused-ring (bicyclic) bond motifs is 5. The van der Waals surface area contributed by atoms with Crippen molar-refractivity contribution < 1.29 is 72.8 Å². The Bertz CT molecular complexity index is 1970. The summed E-state index contributed by atoms with van der Waals surface area (Å²) in [4.78, 5) is 94.0. The molecule has 0 spiro atoms. The van der Waals surface area contributed by atoms with Crippen LogP contribution in [-0.2, 0) is 47.9 Å². The van der Waals surface area contributed by atoms with Crippen LogP contribution in [0.4, 0.5) is 4.79 Å². The predicted octanol–water partition coefficient (Wildman–Crippen LogP) is 3.34. The summed E-state index contributed by atoms with van der Waals surface area (Å²) in [5.41, 5.74) is -8.51. The van der Waals surface area contributed by atoms with E-state index in [1.54, 1.807) is 76.2 Å². The zero-order valence-electron chi connectivity index (χ0n) is 34.3. The standard InChI is InChI=1S/C43H53NO15/c1-22-26(55-37(51)32(48)30(24-15-11-9-12-16-24)44-38(52)57-39(3,4)5)20-43(53)35(56-36(50)25-17-13-10-14-18-25)33-41(8,34(49)31(47)29(22)40(43,6)7)27(46)19-28-42(33,21-54-28)59-58-23(2)45/h9-18,22,26-30,32-33,35,46,48,53H,19-21H2,1-8H3,(H,44,52)/t22?,26-,27-,28+,29?,30-,32+,33-,35-,41+,42-,43+/m0/s1. The summed E-state index contributed by atoms with van der Waals surface area (Å²) in [5, 5.41) is 39.4. The quantitative estimate of drug-likeness (QED) is 0.0935. The van der Waals surface area contributed by atoms with E-state index in [-0.39, 0.29) is 18.6 Å². The molecule has 59 heavy (non-hydrogen) atoms. The second-order valence-corrected chi connectivity index (χ2v) is 18.0. The van der Waals surface area contributed by atoms with E-state index < -0.39 is 124 Å². The lowest BCUT2D eigenvalue weighted by Crippen LogP contribution is -2.82. The molecule has 6 rings (SSSR count). The summed E-state index contributed by atoms with van der Waals surface area (Å²) in [6.45, 7) is 11.6. The molecule has 12 atom stereocenters. The highest BCUT2D eigenvalue weighted by atomic mass is 17.2. The Balaban J connectivity index is 1.46. The first-order chi connectivity index (χ1) is 27.5. The fraction of sp³-hybridized carbons (Fsp3) is 0.581. The van der Waals surface area contributed by atoms with Gasteiger partial charge >= 0.3 is 24.0 Å². The van der Waals surface area contributed by atoms with Gasteiger partial charge < -0.3 is 39.6 Å². The van der Waals surface area contributed by atoms with Crippen molar-refractivity contribution in [1.29, 1.82) is 0 Å². The maximum Gasteiger partial charge on any atom is 0.408 e. The maximum atomic E-state index is 14.9. The number of nitrogens with one attached hydrogen (secondary N) is 1. The third kappa shape index (κ3) is 7.54. The third-order valence-corrected chi connectivity index (χ3v) is 12.9. The van der Waals surface area contributed by atoms with E-state index in [1.165, 1.54) is 32.9 Å². The highest BCUT2D eigenvalue weighted by molar-refractivity contribution is 6.40. The number of aliphatic hydroxyl groups is 3. The number of aliphatic hydroxyl groups excluding tert-OH is 2. The summed E-state index contributed by atoms with van der Waals surface area (Å²) in [7, 11) is 0. The van der Waals surface area contributed by atoms with Crippen molar-refractivity contribution in [1.82, 2.24) is 5.32 Å². The van der Waals surface area contributed by atoms with Gasteiger partial charge in [0.15, 0.2) is 11.7 Å². The van der Waals surface area contributed by atoms with Crippen LogP contribution in [0.5, 0.6) is 0 Å². The van der Waals surface area contributed by atoms with Crippen LogP contribution in [0.3, 0.4) is 0 Å². The van der Waals surface area contributed by atoms with E-state index in [1.807, 2.05) is 0 Å². The smallest absolute Gasteiger partial charge is 0.408 e. The van der Waals surface area contributed by atoms with Gasteiger partial charge in [-0.1, -0.05) is 69.3 Å². The van der Waals surface area contributed by atoms with Gasteiger partial charge in [0.05, 0.1) is 41.8 Å². The summed E-state index contributed by atoms with van der Waals surface area (Å²) >= 11 is 0. The lowest BCUT2D eigenvalue weighted by atomic mass is 9.42. The van der Waals surface area contributed by atoms with E-state index in [2.05, 4.69) is 5.32 Å². The number of esters is 2. The lowest BCUT2D eigenvalue weighted by molar-refractivity contribution is -0.447. The molecule has 3 saturated carbocycles. The van der Waals surface area contributed by atoms with Crippen LogP contribution in [-0.4, -0.2) is 105 Å². The third-order valence-electron chi connectivity index (χ3n) is 12.9. The topological polar surface area (TPSA) is 231 Å². The molecule has 0 radical (unpaired) electrons. The number of ketones is 2. The van der Waals surface area contributed by atoms with Gasteiger partial charge in [0.2, 0.25) is 11.6 Å². The molecule has 4 aliphatic rings. The molecule has 1 amide bonds. The molecule has 2 aromatic rings. The molecule has 320 valence electrons. The van der Waals surface area contributed by atoms with E-state index in [0.717, 1.165) is 6.92 Å². The van der Waals surface area contributed by atoms with Crippen LogP contribution >= 0.6 is 0 Å². The Morgan fingerprint density at radius 3 is 2.12 bits per heavy atom. The Labute approximate surface area is 341 Å². The van der Waals surface area contributed by atoms with Gasteiger partial charge in [0, 0.05) is 37.0 Å². The van der Waals surface area contributed by atoms with Gasteiger partial charge in [-0.2, -0.15) is 4.89 Å². The van der Waals surface area contributed by atoms with Crippen molar-refractivity contribution in [2.75, 3.05) is 6.61 Å². The maximum absolute atomic E-state index is 14.9. The van der Waals surface area contributed by atoms with Crippen molar-refractivity contribution in [2.45, 2.75) is 122 Å². The molecular weight excluding hydrogens is 770 g/mol. The van der Waals surface area contributed by atoms with Gasteiger partial charge in [-0.3, -0.25) is 14.5 Å². The number of Topliss-reactive ketones (excluding diaryl/α,β-unsaturated/α-hetero) is 2. The van der Waals surface area contributed by atoms with Crippen LogP contribution in [0.1, 0.15) is 90.2 Å². The lowest BCUT2D eigenvalue weighted by Gasteiger charge is -2.67. The van der Waals surface area contributed by atoms with Gasteiger partial charge in [0.25, 0.3) is 0 Å².